The van der Waals surface area contributed by atoms with Crippen molar-refractivity contribution in [3.63, 3.8) is 0 Å². The van der Waals surface area contributed by atoms with Crippen LogP contribution in [0.4, 0.5) is 5.95 Å². The first-order valence-electron chi connectivity index (χ1n) is 4.66. The van der Waals surface area contributed by atoms with Crippen LogP contribution in [0.2, 0.25) is 0 Å². The van der Waals surface area contributed by atoms with Gasteiger partial charge in [0.2, 0.25) is 5.95 Å². The SMILES string of the molecule is CC(C)NC(=O)/C(C#N)=C\Nc1ncn[nH]1. The number of hydrogen-bond donors (Lipinski definition) is 3. The van der Waals surface area contributed by atoms with E-state index in [4.69, 9.17) is 5.26 Å². The number of nitriles is 1. The molecule has 0 spiro atoms. The van der Waals surface area contributed by atoms with Gasteiger partial charge in [-0.2, -0.15) is 15.3 Å². The molecule has 1 heterocycles. The molecule has 0 aliphatic rings. The maximum absolute atomic E-state index is 11.5. The lowest BCUT2D eigenvalue weighted by molar-refractivity contribution is -0.117. The molecule has 0 saturated heterocycles. The van der Waals surface area contributed by atoms with Crippen molar-refractivity contribution in [1.29, 1.82) is 5.26 Å². The number of hydrogen-bond acceptors (Lipinski definition) is 5. The molecule has 0 unspecified atom stereocenters. The van der Waals surface area contributed by atoms with Crippen molar-refractivity contribution in [3.05, 3.63) is 18.1 Å². The van der Waals surface area contributed by atoms with Crippen LogP contribution in [0.5, 0.6) is 0 Å². The fourth-order valence-corrected chi connectivity index (χ4v) is 0.904. The number of anilines is 1. The molecule has 0 aliphatic carbocycles. The predicted molar refractivity (Wildman–Crippen MR) is 57.0 cm³/mol. The molecule has 0 fully saturated rings. The standard InChI is InChI=1S/C9H12N6O/c1-6(2)14-8(16)7(3-10)4-11-9-12-5-13-15-9/h4-6H,1-2H3,(H,14,16)(H2,11,12,13,15)/b7-4-. The fourth-order valence-electron chi connectivity index (χ4n) is 0.904. The molecular weight excluding hydrogens is 208 g/mol. The number of aromatic amines is 1. The molecule has 1 rings (SSSR count). The Kier molecular flexibility index (Phi) is 4.03. The highest BCUT2D eigenvalue weighted by atomic mass is 16.1. The van der Waals surface area contributed by atoms with E-state index in [1.54, 1.807) is 6.07 Å². The maximum Gasteiger partial charge on any atom is 0.263 e. The second kappa shape index (κ2) is 5.50. The summed E-state index contributed by atoms with van der Waals surface area (Å²) in [5, 5.41) is 20.2. The zero-order chi connectivity index (χ0) is 12.0. The Morgan fingerprint density at radius 3 is 2.94 bits per heavy atom. The number of H-pyrrole nitrogens is 1. The van der Waals surface area contributed by atoms with E-state index < -0.39 is 5.91 Å². The number of nitrogens with zero attached hydrogens (tertiary/aromatic N) is 3. The van der Waals surface area contributed by atoms with Crippen molar-refractivity contribution >= 4 is 11.9 Å². The number of carbonyl (C=O) groups excluding carboxylic acids is 1. The average molecular weight is 220 g/mol. The first-order chi connectivity index (χ1) is 7.63. The minimum Gasteiger partial charge on any atom is -0.349 e. The number of rotatable bonds is 4. The van der Waals surface area contributed by atoms with E-state index in [0.717, 1.165) is 0 Å². The molecule has 1 aromatic rings. The molecule has 7 nitrogen and oxygen atoms in total. The van der Waals surface area contributed by atoms with Crippen LogP contribution in [0.3, 0.4) is 0 Å². The van der Waals surface area contributed by atoms with Crippen LogP contribution in [-0.4, -0.2) is 27.1 Å². The summed E-state index contributed by atoms with van der Waals surface area (Å²) in [5.41, 5.74) is -0.0231. The van der Waals surface area contributed by atoms with E-state index in [1.165, 1.54) is 12.5 Å². The average Bonchev–Trinajstić information content (AvgIpc) is 2.70. The first-order valence-corrected chi connectivity index (χ1v) is 4.66. The Morgan fingerprint density at radius 1 is 1.69 bits per heavy atom. The summed E-state index contributed by atoms with van der Waals surface area (Å²) < 4.78 is 0. The highest BCUT2D eigenvalue weighted by molar-refractivity contribution is 5.97. The maximum atomic E-state index is 11.5. The van der Waals surface area contributed by atoms with Crippen molar-refractivity contribution in [2.45, 2.75) is 19.9 Å². The van der Waals surface area contributed by atoms with E-state index in [2.05, 4.69) is 25.8 Å². The molecule has 1 amide bonds. The van der Waals surface area contributed by atoms with Gasteiger partial charge in [-0.15, -0.1) is 0 Å². The van der Waals surface area contributed by atoms with Gasteiger partial charge >= 0.3 is 0 Å². The molecule has 3 N–H and O–H groups in total. The first kappa shape index (κ1) is 11.7. The van der Waals surface area contributed by atoms with Crippen LogP contribution in [0, 0.1) is 11.3 Å². The van der Waals surface area contributed by atoms with Gasteiger partial charge in [0.1, 0.15) is 18.0 Å². The van der Waals surface area contributed by atoms with Crippen molar-refractivity contribution in [2.24, 2.45) is 0 Å². The molecule has 1 aromatic heterocycles. The molecule has 7 heteroatoms. The predicted octanol–water partition coefficient (Wildman–Crippen LogP) is 0.149. The van der Waals surface area contributed by atoms with Crippen LogP contribution in [0.15, 0.2) is 18.1 Å². The van der Waals surface area contributed by atoms with Crippen molar-refractivity contribution in [3.8, 4) is 6.07 Å². The van der Waals surface area contributed by atoms with Crippen molar-refractivity contribution < 1.29 is 4.79 Å². The third kappa shape index (κ3) is 3.42. The van der Waals surface area contributed by atoms with Gasteiger partial charge in [0.25, 0.3) is 5.91 Å². The summed E-state index contributed by atoms with van der Waals surface area (Å²) in [7, 11) is 0. The lowest BCUT2D eigenvalue weighted by atomic mass is 10.2. The molecule has 0 aliphatic heterocycles. The van der Waals surface area contributed by atoms with Gasteiger partial charge in [-0.25, -0.2) is 5.10 Å². The lowest BCUT2D eigenvalue weighted by Crippen LogP contribution is -2.31. The second-order valence-corrected chi connectivity index (χ2v) is 3.28. The monoisotopic (exact) mass is 220 g/mol. The molecule has 0 saturated carbocycles. The number of aromatic nitrogens is 3. The number of amides is 1. The Balaban J connectivity index is 2.64. The van der Waals surface area contributed by atoms with Crippen LogP contribution in [-0.2, 0) is 4.79 Å². The summed E-state index contributed by atoms with van der Waals surface area (Å²) in [6.07, 6.45) is 2.59. The quantitative estimate of drug-likeness (QED) is 0.494. The summed E-state index contributed by atoms with van der Waals surface area (Å²) in [5.74, 6) is -0.0605. The lowest BCUT2D eigenvalue weighted by Gasteiger charge is -2.06. The largest absolute Gasteiger partial charge is 0.349 e. The molecule has 0 bridgehead atoms. The van der Waals surface area contributed by atoms with Crippen LogP contribution >= 0.6 is 0 Å². The van der Waals surface area contributed by atoms with Crippen molar-refractivity contribution in [2.75, 3.05) is 5.32 Å². The molecule has 84 valence electrons. The Morgan fingerprint density at radius 2 is 2.44 bits per heavy atom. The Labute approximate surface area is 92.6 Å². The highest BCUT2D eigenvalue weighted by Crippen LogP contribution is 1.97. The van der Waals surface area contributed by atoms with E-state index in [1.807, 2.05) is 13.8 Å². The smallest absolute Gasteiger partial charge is 0.263 e. The second-order valence-electron chi connectivity index (χ2n) is 3.28. The van der Waals surface area contributed by atoms with Gasteiger partial charge in [0, 0.05) is 12.2 Å². The third-order valence-corrected chi connectivity index (χ3v) is 1.55. The number of nitrogens with one attached hydrogen (secondary N) is 3. The zero-order valence-electron chi connectivity index (χ0n) is 8.98. The summed E-state index contributed by atoms with van der Waals surface area (Å²) in [6.45, 7) is 3.63. The van der Waals surface area contributed by atoms with Gasteiger partial charge in [-0.3, -0.25) is 4.79 Å². The van der Waals surface area contributed by atoms with Gasteiger partial charge in [0.05, 0.1) is 0 Å². The molecular formula is C9H12N6O. The van der Waals surface area contributed by atoms with E-state index in [9.17, 15) is 4.79 Å². The minimum atomic E-state index is -0.426. The normalized spacial score (nSPS) is 11.0. The number of carbonyl (C=O) groups is 1. The van der Waals surface area contributed by atoms with Gasteiger partial charge in [0.15, 0.2) is 0 Å². The highest BCUT2D eigenvalue weighted by Gasteiger charge is 2.09. The van der Waals surface area contributed by atoms with Gasteiger partial charge in [-0.05, 0) is 13.8 Å². The molecule has 0 radical (unpaired) electrons. The third-order valence-electron chi connectivity index (χ3n) is 1.55. The molecule has 0 aromatic carbocycles. The summed E-state index contributed by atoms with van der Waals surface area (Å²) in [6, 6.07) is 1.78. The molecule has 16 heavy (non-hydrogen) atoms. The van der Waals surface area contributed by atoms with Crippen LogP contribution in [0.1, 0.15) is 13.8 Å². The summed E-state index contributed by atoms with van der Waals surface area (Å²) in [4.78, 5) is 15.2. The Bertz CT molecular complexity index is 414. The fraction of sp³-hybridized carbons (Fsp3) is 0.333. The summed E-state index contributed by atoms with van der Waals surface area (Å²) >= 11 is 0. The van der Waals surface area contributed by atoms with Crippen LogP contribution < -0.4 is 10.6 Å². The van der Waals surface area contributed by atoms with Gasteiger partial charge in [-0.1, -0.05) is 0 Å². The molecule has 0 atom stereocenters. The van der Waals surface area contributed by atoms with E-state index in [-0.39, 0.29) is 11.6 Å². The van der Waals surface area contributed by atoms with Gasteiger partial charge < -0.3 is 10.6 Å². The topological polar surface area (TPSA) is 106 Å². The zero-order valence-corrected chi connectivity index (χ0v) is 8.98. The minimum absolute atomic E-state index is 0.0190. The van der Waals surface area contributed by atoms with E-state index >= 15 is 0 Å². The van der Waals surface area contributed by atoms with Crippen LogP contribution in [0.25, 0.3) is 0 Å². The van der Waals surface area contributed by atoms with E-state index in [0.29, 0.717) is 5.95 Å². The Hall–Kier alpha value is -2.36. The van der Waals surface area contributed by atoms with Crippen molar-refractivity contribution in [1.82, 2.24) is 20.5 Å².